The summed E-state index contributed by atoms with van der Waals surface area (Å²) in [4.78, 5) is 34.7. The van der Waals surface area contributed by atoms with E-state index in [4.69, 9.17) is 5.73 Å². The molecule has 1 aliphatic heterocycles. The summed E-state index contributed by atoms with van der Waals surface area (Å²) in [6.45, 7) is 5.74. The molecular weight excluding hydrogens is 360 g/mol. The van der Waals surface area contributed by atoms with Gasteiger partial charge < -0.3 is 10.6 Å². The third-order valence-corrected chi connectivity index (χ3v) is 6.85. The maximum atomic E-state index is 12.7. The normalized spacial score (nSPS) is 22.4. The number of aromatic nitrogens is 2. The number of fused-ring (bicyclic) bond motifs is 1. The predicted octanol–water partition coefficient (Wildman–Crippen LogP) is 2.64. The Morgan fingerprint density at radius 2 is 1.78 bits per heavy atom. The number of piperidine rings is 1. The maximum Gasteiger partial charge on any atom is 0.227 e. The van der Waals surface area contributed by atoms with Crippen LogP contribution in [0.15, 0.2) is 5.16 Å². The predicted molar refractivity (Wildman–Crippen MR) is 106 cm³/mol. The molecule has 27 heavy (non-hydrogen) atoms. The van der Waals surface area contributed by atoms with Gasteiger partial charge in [-0.05, 0) is 50.5 Å². The molecule has 1 aromatic heterocycles. The molecule has 0 spiro atoms. The van der Waals surface area contributed by atoms with E-state index < -0.39 is 0 Å². The number of thioether (sulfide) groups is 1. The van der Waals surface area contributed by atoms with Crippen LogP contribution in [0.2, 0.25) is 0 Å². The fraction of sp³-hybridized carbons (Fsp3) is 0.700. The van der Waals surface area contributed by atoms with Crippen molar-refractivity contribution in [3.8, 4) is 0 Å². The second-order valence-electron chi connectivity index (χ2n) is 7.84. The molecule has 1 aliphatic carbocycles. The summed E-state index contributed by atoms with van der Waals surface area (Å²) in [5.41, 5.74) is 7.99. The van der Waals surface area contributed by atoms with Crippen molar-refractivity contribution in [3.63, 3.8) is 0 Å². The molecule has 2 aliphatic rings. The molecule has 6 nitrogen and oxygen atoms in total. The number of likely N-dealkylation sites (tertiary alicyclic amines) is 1. The Kier molecular flexibility index (Phi) is 6.73. The molecule has 2 fully saturated rings. The van der Waals surface area contributed by atoms with Crippen molar-refractivity contribution in [1.29, 1.82) is 0 Å². The number of carbonyl (C=O) groups excluding carboxylic acids is 2. The largest absolute Gasteiger partial charge is 0.369 e. The van der Waals surface area contributed by atoms with Gasteiger partial charge in [-0.3, -0.25) is 9.59 Å². The minimum absolute atomic E-state index is 0.174. The summed E-state index contributed by atoms with van der Waals surface area (Å²) in [5.74, 6) is 1.60. The number of rotatable bonds is 6. The number of aryl methyl sites for hydroxylation is 2. The average Bonchev–Trinajstić information content (AvgIpc) is 2.65. The van der Waals surface area contributed by atoms with E-state index in [9.17, 15) is 9.59 Å². The van der Waals surface area contributed by atoms with Gasteiger partial charge >= 0.3 is 0 Å². The van der Waals surface area contributed by atoms with Gasteiger partial charge in [0.2, 0.25) is 11.8 Å². The van der Waals surface area contributed by atoms with Crippen molar-refractivity contribution in [2.24, 2.45) is 17.6 Å². The highest BCUT2D eigenvalue weighted by Gasteiger charge is 2.32. The summed E-state index contributed by atoms with van der Waals surface area (Å²) >= 11 is 1.25. The molecule has 3 rings (SSSR count). The van der Waals surface area contributed by atoms with Crippen LogP contribution in [0.1, 0.15) is 55.5 Å². The van der Waals surface area contributed by atoms with Crippen LogP contribution in [0, 0.1) is 25.7 Å². The van der Waals surface area contributed by atoms with E-state index in [0.29, 0.717) is 23.9 Å². The lowest BCUT2D eigenvalue weighted by Crippen LogP contribution is -2.44. The second kappa shape index (κ2) is 9.04. The van der Waals surface area contributed by atoms with Crippen LogP contribution in [0.4, 0.5) is 0 Å². The van der Waals surface area contributed by atoms with Crippen molar-refractivity contribution in [1.82, 2.24) is 14.9 Å². The molecule has 1 aromatic rings. The summed E-state index contributed by atoms with van der Waals surface area (Å²) in [6.07, 6.45) is 7.66. The van der Waals surface area contributed by atoms with E-state index in [-0.39, 0.29) is 17.6 Å². The zero-order valence-corrected chi connectivity index (χ0v) is 17.2. The fourth-order valence-corrected chi connectivity index (χ4v) is 5.16. The van der Waals surface area contributed by atoms with Gasteiger partial charge in [-0.15, -0.1) is 0 Å². The monoisotopic (exact) mass is 390 g/mol. The first-order valence-electron chi connectivity index (χ1n) is 9.97. The average molecular weight is 391 g/mol. The van der Waals surface area contributed by atoms with Gasteiger partial charge in [0.05, 0.1) is 5.75 Å². The Bertz CT molecular complexity index is 686. The third kappa shape index (κ3) is 5.21. The quantitative estimate of drug-likeness (QED) is 0.596. The van der Waals surface area contributed by atoms with Gasteiger partial charge in [0.1, 0.15) is 0 Å². The van der Waals surface area contributed by atoms with E-state index in [1.165, 1.54) is 43.9 Å². The molecule has 2 amide bonds. The summed E-state index contributed by atoms with van der Waals surface area (Å²) in [7, 11) is 0. The van der Waals surface area contributed by atoms with Crippen LogP contribution in [-0.4, -0.2) is 45.5 Å². The first-order chi connectivity index (χ1) is 12.9. The number of nitrogens with two attached hydrogens (primary N) is 1. The first kappa shape index (κ1) is 20.1. The topological polar surface area (TPSA) is 89.2 Å². The lowest BCUT2D eigenvalue weighted by molar-refractivity contribution is -0.134. The number of amides is 2. The van der Waals surface area contributed by atoms with Crippen molar-refractivity contribution in [2.75, 3.05) is 18.8 Å². The number of hydrogen-bond donors (Lipinski definition) is 1. The van der Waals surface area contributed by atoms with Crippen LogP contribution >= 0.6 is 11.8 Å². The highest BCUT2D eigenvalue weighted by Crippen LogP contribution is 2.36. The number of primary amides is 1. The van der Waals surface area contributed by atoms with Gasteiger partial charge in [-0.25, -0.2) is 9.97 Å². The van der Waals surface area contributed by atoms with Crippen LogP contribution in [0.3, 0.4) is 0 Å². The SMILES string of the molecule is Cc1nc(SCC(N)=O)nc(C)c1CCC(=O)N1CC[C@H]2CCCC[C@@H]2C1. The first-order valence-corrected chi connectivity index (χ1v) is 11.0. The van der Waals surface area contributed by atoms with Gasteiger partial charge in [0.25, 0.3) is 0 Å². The Labute approximate surface area is 165 Å². The zero-order chi connectivity index (χ0) is 19.4. The van der Waals surface area contributed by atoms with Crippen molar-refractivity contribution in [3.05, 3.63) is 17.0 Å². The standard InChI is InChI=1S/C20H30N4O2S/c1-13-17(14(2)23-20(22-13)27-12-18(21)25)7-8-19(26)24-10-9-15-5-3-4-6-16(15)11-24/h15-16H,3-12H2,1-2H3,(H2,21,25)/t15-,16-/m1/s1. The fourth-order valence-electron chi connectivity index (χ4n) is 4.49. The minimum atomic E-state index is -0.379. The molecule has 1 saturated heterocycles. The van der Waals surface area contributed by atoms with E-state index in [1.54, 1.807) is 0 Å². The second-order valence-corrected chi connectivity index (χ2v) is 8.79. The van der Waals surface area contributed by atoms with Crippen LogP contribution < -0.4 is 5.73 Å². The zero-order valence-electron chi connectivity index (χ0n) is 16.4. The number of nitrogens with zero attached hydrogens (tertiary/aromatic N) is 3. The summed E-state index contributed by atoms with van der Waals surface area (Å²) in [6, 6.07) is 0. The van der Waals surface area contributed by atoms with Crippen LogP contribution in [0.25, 0.3) is 0 Å². The van der Waals surface area contributed by atoms with Crippen molar-refractivity contribution < 1.29 is 9.59 Å². The van der Waals surface area contributed by atoms with Gasteiger partial charge in [0.15, 0.2) is 5.16 Å². The van der Waals surface area contributed by atoms with Gasteiger partial charge in [-0.2, -0.15) is 0 Å². The Morgan fingerprint density at radius 1 is 1.11 bits per heavy atom. The molecule has 0 unspecified atom stereocenters. The van der Waals surface area contributed by atoms with Crippen LogP contribution in [0.5, 0.6) is 0 Å². The summed E-state index contributed by atoms with van der Waals surface area (Å²) < 4.78 is 0. The molecule has 148 valence electrons. The number of carbonyl (C=O) groups is 2. The maximum absolute atomic E-state index is 12.7. The van der Waals surface area contributed by atoms with Gasteiger partial charge in [0, 0.05) is 30.9 Å². The molecule has 7 heteroatoms. The van der Waals surface area contributed by atoms with Crippen molar-refractivity contribution in [2.45, 2.75) is 63.9 Å². The lowest BCUT2D eigenvalue weighted by Gasteiger charge is -2.41. The van der Waals surface area contributed by atoms with Gasteiger partial charge in [-0.1, -0.05) is 31.0 Å². The smallest absolute Gasteiger partial charge is 0.227 e. The molecule has 2 heterocycles. The molecule has 0 bridgehead atoms. The third-order valence-electron chi connectivity index (χ3n) is 5.98. The Balaban J connectivity index is 1.56. The highest BCUT2D eigenvalue weighted by atomic mass is 32.2. The molecule has 0 aromatic carbocycles. The molecule has 1 saturated carbocycles. The highest BCUT2D eigenvalue weighted by molar-refractivity contribution is 7.99. The summed E-state index contributed by atoms with van der Waals surface area (Å²) in [5, 5.41) is 0.568. The number of hydrogen-bond acceptors (Lipinski definition) is 5. The molecular formula is C20H30N4O2S. The van der Waals surface area contributed by atoms with Crippen molar-refractivity contribution >= 4 is 23.6 Å². The van der Waals surface area contributed by atoms with E-state index in [2.05, 4.69) is 14.9 Å². The molecule has 2 N–H and O–H groups in total. The van der Waals surface area contributed by atoms with E-state index in [1.807, 2.05) is 13.8 Å². The van der Waals surface area contributed by atoms with E-state index in [0.717, 1.165) is 36.0 Å². The Morgan fingerprint density at radius 3 is 2.44 bits per heavy atom. The molecule has 2 atom stereocenters. The molecule has 0 radical (unpaired) electrons. The van der Waals surface area contributed by atoms with Crippen LogP contribution in [-0.2, 0) is 16.0 Å². The van der Waals surface area contributed by atoms with E-state index >= 15 is 0 Å². The Hall–Kier alpha value is -1.63. The lowest BCUT2D eigenvalue weighted by atomic mass is 9.75. The minimum Gasteiger partial charge on any atom is -0.369 e.